The molecule has 122 valence electrons. The topological polar surface area (TPSA) is 74.8 Å². The molecular formula is C14H13IN2O4PoS. The zero-order valence-corrected chi connectivity index (χ0v) is 18.3. The van der Waals surface area contributed by atoms with E-state index in [1.807, 2.05) is 6.92 Å². The van der Waals surface area contributed by atoms with Gasteiger partial charge in [0.1, 0.15) is 0 Å². The van der Waals surface area contributed by atoms with Gasteiger partial charge in [0.15, 0.2) is 0 Å². The van der Waals surface area contributed by atoms with E-state index in [2.05, 4.69) is 18.0 Å². The van der Waals surface area contributed by atoms with Gasteiger partial charge in [0, 0.05) is 0 Å². The number of carbonyl (C=O) groups is 4. The van der Waals surface area contributed by atoms with Crippen LogP contribution in [0.3, 0.4) is 0 Å². The summed E-state index contributed by atoms with van der Waals surface area (Å²) in [7, 11) is 0. The second-order valence-electron chi connectivity index (χ2n) is 4.49. The molecule has 0 N–H and O–H groups in total. The summed E-state index contributed by atoms with van der Waals surface area (Å²) in [4.78, 5) is 48.9. The Morgan fingerprint density at radius 3 is 2.26 bits per heavy atom. The number of carbonyl (C=O) groups excluding carboxylic acids is 4. The SMILES string of the molecule is CCSC(=O)N(CC[C](=O)[Po][I])N1C(=O)c2ccccc2C1=O. The fraction of sp³-hybridized carbons (Fsp3) is 0.286. The first-order valence-electron chi connectivity index (χ1n) is 6.74. The zero-order chi connectivity index (χ0) is 17.0. The van der Waals surface area contributed by atoms with Crippen LogP contribution in [0.25, 0.3) is 0 Å². The number of imide groups is 1. The average molecular weight is 641 g/mol. The molecule has 0 atom stereocenters. The first-order valence-corrected chi connectivity index (χ1v) is 18.2. The number of hydrazine groups is 1. The summed E-state index contributed by atoms with van der Waals surface area (Å²) in [5, 5.41) is 1.59. The Morgan fingerprint density at radius 1 is 1.22 bits per heavy atom. The molecule has 1 aromatic carbocycles. The third kappa shape index (κ3) is 4.12. The van der Waals surface area contributed by atoms with Crippen molar-refractivity contribution in [1.82, 2.24) is 10.0 Å². The van der Waals surface area contributed by atoms with Crippen molar-refractivity contribution >= 4 is 69.5 Å². The molecule has 0 fully saturated rings. The Kier molecular flexibility index (Phi) is 6.98. The van der Waals surface area contributed by atoms with Crippen molar-refractivity contribution in [2.45, 2.75) is 13.3 Å². The molecule has 0 unspecified atom stereocenters. The van der Waals surface area contributed by atoms with Gasteiger partial charge in [-0.1, -0.05) is 0 Å². The molecular weight excluding hydrogens is 628 g/mol. The number of thioether (sulfide) groups is 1. The van der Waals surface area contributed by atoms with Gasteiger partial charge >= 0.3 is 160 Å². The molecule has 9 heteroatoms. The van der Waals surface area contributed by atoms with E-state index in [1.54, 1.807) is 24.3 Å². The van der Waals surface area contributed by atoms with Gasteiger partial charge in [-0.3, -0.25) is 0 Å². The van der Waals surface area contributed by atoms with Crippen molar-refractivity contribution in [2.75, 3.05) is 12.3 Å². The van der Waals surface area contributed by atoms with Gasteiger partial charge in [0.25, 0.3) is 0 Å². The summed E-state index contributed by atoms with van der Waals surface area (Å²) in [5.74, 6) is -0.510. The molecule has 0 radical (unpaired) electrons. The number of hydrogen-bond donors (Lipinski definition) is 0. The van der Waals surface area contributed by atoms with Crippen LogP contribution in [0.4, 0.5) is 4.79 Å². The second kappa shape index (κ2) is 8.54. The fourth-order valence-electron chi connectivity index (χ4n) is 2.10. The quantitative estimate of drug-likeness (QED) is 0.353. The van der Waals surface area contributed by atoms with E-state index in [1.165, 1.54) is 0 Å². The summed E-state index contributed by atoms with van der Waals surface area (Å²) in [5.41, 5.74) is 0.571. The minimum absolute atomic E-state index is 0.0547. The van der Waals surface area contributed by atoms with Crippen LogP contribution in [0.15, 0.2) is 24.3 Å². The van der Waals surface area contributed by atoms with E-state index in [9.17, 15) is 19.2 Å². The van der Waals surface area contributed by atoms with Crippen molar-refractivity contribution < 1.29 is 19.2 Å². The van der Waals surface area contributed by atoms with Gasteiger partial charge in [-0.05, 0) is 0 Å². The van der Waals surface area contributed by atoms with Crippen LogP contribution in [-0.4, -0.2) is 62.2 Å². The molecule has 6 nitrogen and oxygen atoms in total. The second-order valence-corrected chi connectivity index (χ2v) is 11.9. The van der Waals surface area contributed by atoms with Crippen LogP contribution in [0, 0.1) is 0 Å². The number of halogens is 1. The molecule has 0 saturated carbocycles. The number of benzene rings is 1. The van der Waals surface area contributed by atoms with Gasteiger partial charge in [-0.15, -0.1) is 0 Å². The molecule has 0 aliphatic carbocycles. The Hall–Kier alpha value is -0.524. The molecule has 2 rings (SSSR count). The zero-order valence-electron chi connectivity index (χ0n) is 12.2. The summed E-state index contributed by atoms with van der Waals surface area (Å²) >= 11 is 2.05. The van der Waals surface area contributed by atoms with Crippen LogP contribution in [-0.2, 0) is 4.79 Å². The molecule has 0 spiro atoms. The molecule has 1 heterocycles. The molecule has 0 bridgehead atoms. The van der Waals surface area contributed by atoms with Crippen molar-refractivity contribution in [1.29, 1.82) is 0 Å². The number of amides is 3. The van der Waals surface area contributed by atoms with Crippen LogP contribution >= 0.6 is 29.7 Å². The Labute approximate surface area is 158 Å². The molecule has 3 amide bonds. The Balaban J connectivity index is 2.29. The van der Waals surface area contributed by atoms with Gasteiger partial charge in [0.2, 0.25) is 0 Å². The van der Waals surface area contributed by atoms with Gasteiger partial charge < -0.3 is 0 Å². The van der Waals surface area contributed by atoms with Crippen molar-refractivity contribution in [2.24, 2.45) is 0 Å². The normalized spacial score (nSPS) is 13.2. The number of hydrogen-bond acceptors (Lipinski definition) is 5. The molecule has 1 aliphatic rings. The average Bonchev–Trinajstić information content (AvgIpc) is 2.80. The van der Waals surface area contributed by atoms with E-state index < -0.39 is 36.4 Å². The number of nitrogens with zero attached hydrogens (tertiary/aromatic N) is 2. The number of fused-ring (bicyclic) bond motifs is 1. The monoisotopic (exact) mass is 641 g/mol. The van der Waals surface area contributed by atoms with E-state index in [0.29, 0.717) is 5.75 Å². The summed E-state index contributed by atoms with van der Waals surface area (Å²) in [6.07, 6.45) is 0.178. The first-order chi connectivity index (χ1) is 11.0. The summed E-state index contributed by atoms with van der Waals surface area (Å²) in [6, 6.07) is 6.48. The molecule has 0 saturated heterocycles. The standard InChI is InChI=1S/C14H13N2O4S.HI.Po/c1-2-21-14(20)15(8-5-9-17)16-12(18)10-6-3-4-7-11(10)13(16)19;;/h3-4,6-7H,2,5,8H2,1H3;1H;/q;;+1/p-1. The Morgan fingerprint density at radius 2 is 1.78 bits per heavy atom. The van der Waals surface area contributed by atoms with Crippen molar-refractivity contribution in [3.63, 3.8) is 0 Å². The van der Waals surface area contributed by atoms with Crippen LogP contribution in [0.5, 0.6) is 0 Å². The van der Waals surface area contributed by atoms with Gasteiger partial charge in [-0.2, -0.15) is 0 Å². The molecule has 0 aromatic heterocycles. The van der Waals surface area contributed by atoms with Crippen LogP contribution in [0.1, 0.15) is 34.1 Å². The van der Waals surface area contributed by atoms with Gasteiger partial charge in [-0.25, -0.2) is 0 Å². The number of rotatable bonds is 6. The Bertz CT molecular complexity index is 635. The van der Waals surface area contributed by atoms with E-state index in [4.69, 9.17) is 0 Å². The third-order valence-corrected chi connectivity index (χ3v) is 9.63. The van der Waals surface area contributed by atoms with Crippen LogP contribution in [0.2, 0.25) is 0 Å². The van der Waals surface area contributed by atoms with Crippen molar-refractivity contribution in [3.05, 3.63) is 35.4 Å². The molecule has 23 heavy (non-hydrogen) atoms. The minimum atomic E-state index is -1.08. The fourth-order valence-corrected chi connectivity index (χ4v) is 5.26. The predicted octanol–water partition coefficient (Wildman–Crippen LogP) is 2.34. The van der Waals surface area contributed by atoms with E-state index in [-0.39, 0.29) is 27.5 Å². The predicted molar refractivity (Wildman–Crippen MR) is 96.6 cm³/mol. The van der Waals surface area contributed by atoms with E-state index in [0.717, 1.165) is 21.8 Å². The van der Waals surface area contributed by atoms with Crippen LogP contribution < -0.4 is 0 Å². The molecule has 1 aliphatic heterocycles. The van der Waals surface area contributed by atoms with Crippen molar-refractivity contribution in [3.8, 4) is 0 Å². The molecule has 1 aromatic rings. The third-order valence-electron chi connectivity index (χ3n) is 3.11. The summed E-state index contributed by atoms with van der Waals surface area (Å²) < 4.78 is 0.126. The first kappa shape index (κ1) is 18.8. The van der Waals surface area contributed by atoms with Gasteiger partial charge in [0.05, 0.1) is 0 Å². The summed E-state index contributed by atoms with van der Waals surface area (Å²) in [6.45, 7) is 1.87. The van der Waals surface area contributed by atoms with E-state index >= 15 is 0 Å². The maximum absolute atomic E-state index is 12.5. The maximum atomic E-state index is 12.5.